The molecule has 0 bridgehead atoms. The van der Waals surface area contributed by atoms with Crippen molar-refractivity contribution in [3.05, 3.63) is 40.5 Å². The van der Waals surface area contributed by atoms with Gasteiger partial charge in [0.15, 0.2) is 5.82 Å². The van der Waals surface area contributed by atoms with Gasteiger partial charge in [0.1, 0.15) is 0 Å². The Balaban J connectivity index is 1.91. The Kier molecular flexibility index (Phi) is 5.04. The van der Waals surface area contributed by atoms with Gasteiger partial charge in [0.2, 0.25) is 11.7 Å². The molecule has 0 spiro atoms. The third kappa shape index (κ3) is 4.85. The summed E-state index contributed by atoms with van der Waals surface area (Å²) in [7, 11) is 0. The van der Waals surface area contributed by atoms with Crippen LogP contribution < -0.4 is 0 Å². The molecule has 0 N–H and O–H groups in total. The van der Waals surface area contributed by atoms with E-state index in [-0.39, 0.29) is 11.7 Å². The highest BCUT2D eigenvalue weighted by molar-refractivity contribution is 9.10. The Morgan fingerprint density at radius 1 is 1.29 bits per heavy atom. The van der Waals surface area contributed by atoms with Crippen LogP contribution >= 0.6 is 27.7 Å². The third-order valence-corrected chi connectivity index (χ3v) is 3.86. The average molecular weight is 381 g/mol. The van der Waals surface area contributed by atoms with Crippen molar-refractivity contribution in [2.45, 2.75) is 23.2 Å². The van der Waals surface area contributed by atoms with Gasteiger partial charge in [-0.15, -0.1) is 11.8 Å². The predicted octanol–water partition coefficient (Wildman–Crippen LogP) is 3.80. The van der Waals surface area contributed by atoms with Gasteiger partial charge >= 0.3 is 6.18 Å². The van der Waals surface area contributed by atoms with E-state index in [0.717, 1.165) is 9.37 Å². The molecule has 0 aliphatic rings. The first-order valence-electron chi connectivity index (χ1n) is 5.64. The smallest absolute Gasteiger partial charge is 0.339 e. The first-order valence-corrected chi connectivity index (χ1v) is 7.42. The molecular formula is C12H8BrF3N2O2S. The van der Waals surface area contributed by atoms with Crippen molar-refractivity contribution in [2.24, 2.45) is 0 Å². The molecule has 0 saturated heterocycles. The predicted molar refractivity (Wildman–Crippen MR) is 72.8 cm³/mol. The largest absolute Gasteiger partial charge is 0.450 e. The van der Waals surface area contributed by atoms with Crippen LogP contribution in [0.5, 0.6) is 0 Å². The fourth-order valence-electron chi connectivity index (χ4n) is 1.34. The molecule has 9 heteroatoms. The number of Topliss-reactive ketones (excluding diaryl/α,β-unsaturated/α-hetero) is 1. The fraction of sp³-hybridized carbons (Fsp3) is 0.250. The standard InChI is InChI=1S/C12H8BrF3N2O2S/c13-7-1-3-8(4-2-7)21-6-10-17-11(20-18-10)5-9(19)12(14,15)16/h1-4H,5-6H2. The molecule has 0 aliphatic carbocycles. The molecular weight excluding hydrogens is 373 g/mol. The molecule has 0 radical (unpaired) electrons. The molecule has 1 aromatic heterocycles. The molecule has 21 heavy (non-hydrogen) atoms. The molecule has 0 unspecified atom stereocenters. The monoisotopic (exact) mass is 380 g/mol. The van der Waals surface area contributed by atoms with Crippen molar-refractivity contribution >= 4 is 33.5 Å². The minimum atomic E-state index is -4.89. The first-order chi connectivity index (χ1) is 9.84. The van der Waals surface area contributed by atoms with Crippen LogP contribution in [0.2, 0.25) is 0 Å². The number of thioether (sulfide) groups is 1. The first kappa shape index (κ1) is 16.0. The molecule has 0 saturated carbocycles. The van der Waals surface area contributed by atoms with Crippen molar-refractivity contribution < 1.29 is 22.5 Å². The molecule has 1 heterocycles. The number of carbonyl (C=O) groups is 1. The van der Waals surface area contributed by atoms with Crippen LogP contribution in [0.1, 0.15) is 11.7 Å². The average Bonchev–Trinajstić information content (AvgIpc) is 2.85. The second-order valence-electron chi connectivity index (χ2n) is 3.94. The molecule has 2 rings (SSSR count). The van der Waals surface area contributed by atoms with E-state index in [1.54, 1.807) is 0 Å². The summed E-state index contributed by atoms with van der Waals surface area (Å²) in [6.07, 6.45) is -5.82. The lowest BCUT2D eigenvalue weighted by Gasteiger charge is -2.00. The van der Waals surface area contributed by atoms with Crippen LogP contribution in [0.15, 0.2) is 38.2 Å². The summed E-state index contributed by atoms with van der Waals surface area (Å²) in [4.78, 5) is 15.5. The van der Waals surface area contributed by atoms with Crippen molar-refractivity contribution in [1.82, 2.24) is 10.1 Å². The number of hydrogen-bond donors (Lipinski definition) is 0. The van der Waals surface area contributed by atoms with E-state index in [1.807, 2.05) is 24.3 Å². The van der Waals surface area contributed by atoms with Crippen LogP contribution in [0, 0.1) is 0 Å². The Morgan fingerprint density at radius 2 is 1.95 bits per heavy atom. The summed E-state index contributed by atoms with van der Waals surface area (Å²) < 4.78 is 41.9. The van der Waals surface area contributed by atoms with Crippen LogP contribution in [0.4, 0.5) is 13.2 Å². The van der Waals surface area contributed by atoms with E-state index < -0.39 is 18.4 Å². The minimum absolute atomic E-state index is 0.243. The molecule has 0 atom stereocenters. The summed E-state index contributed by atoms with van der Waals surface area (Å²) in [6, 6.07) is 7.49. The van der Waals surface area contributed by atoms with Gasteiger partial charge in [0.05, 0.1) is 12.2 Å². The van der Waals surface area contributed by atoms with Crippen LogP contribution in [-0.4, -0.2) is 22.1 Å². The number of nitrogens with zero attached hydrogens (tertiary/aromatic N) is 2. The number of halogens is 4. The zero-order chi connectivity index (χ0) is 15.5. The number of hydrogen-bond acceptors (Lipinski definition) is 5. The van der Waals surface area contributed by atoms with E-state index in [1.165, 1.54) is 11.8 Å². The Bertz CT molecular complexity index is 628. The Hall–Kier alpha value is -1.35. The molecule has 0 amide bonds. The van der Waals surface area contributed by atoms with Crippen molar-refractivity contribution in [3.8, 4) is 0 Å². The highest BCUT2D eigenvalue weighted by Crippen LogP contribution is 2.24. The van der Waals surface area contributed by atoms with Crippen LogP contribution in [0.3, 0.4) is 0 Å². The number of alkyl halides is 3. The summed E-state index contributed by atoms with van der Waals surface area (Å²) in [5, 5.41) is 3.55. The number of rotatable bonds is 5. The van der Waals surface area contributed by atoms with Gasteiger partial charge in [-0.2, -0.15) is 18.2 Å². The van der Waals surface area contributed by atoms with Gasteiger partial charge in [0, 0.05) is 9.37 Å². The van der Waals surface area contributed by atoms with E-state index >= 15 is 0 Å². The summed E-state index contributed by atoms with van der Waals surface area (Å²) in [5.41, 5.74) is 0. The van der Waals surface area contributed by atoms with Gasteiger partial charge in [-0.05, 0) is 24.3 Å². The maximum absolute atomic E-state index is 12.1. The second-order valence-corrected chi connectivity index (χ2v) is 5.91. The lowest BCUT2D eigenvalue weighted by molar-refractivity contribution is -0.170. The molecule has 2 aromatic rings. The zero-order valence-corrected chi connectivity index (χ0v) is 12.8. The summed E-state index contributed by atoms with van der Waals surface area (Å²) in [6.45, 7) is 0. The number of benzene rings is 1. The van der Waals surface area contributed by atoms with E-state index in [9.17, 15) is 18.0 Å². The van der Waals surface area contributed by atoms with Crippen molar-refractivity contribution in [1.29, 1.82) is 0 Å². The minimum Gasteiger partial charge on any atom is -0.339 e. The second kappa shape index (κ2) is 6.61. The molecule has 0 fully saturated rings. The van der Waals surface area contributed by atoms with Crippen LogP contribution in [0.25, 0.3) is 0 Å². The fourth-order valence-corrected chi connectivity index (χ4v) is 2.34. The molecule has 0 aliphatic heterocycles. The van der Waals surface area contributed by atoms with E-state index in [2.05, 4.69) is 30.6 Å². The van der Waals surface area contributed by atoms with Gasteiger partial charge in [-0.25, -0.2) is 0 Å². The Morgan fingerprint density at radius 3 is 2.57 bits per heavy atom. The SMILES string of the molecule is O=C(Cc1nc(CSc2ccc(Br)cc2)no1)C(F)(F)F. The lowest BCUT2D eigenvalue weighted by atomic mass is 10.3. The number of ketones is 1. The van der Waals surface area contributed by atoms with Gasteiger partial charge in [-0.1, -0.05) is 21.1 Å². The quantitative estimate of drug-likeness (QED) is 0.738. The van der Waals surface area contributed by atoms with Crippen molar-refractivity contribution in [3.63, 3.8) is 0 Å². The van der Waals surface area contributed by atoms with Gasteiger partial charge in [0.25, 0.3) is 0 Å². The van der Waals surface area contributed by atoms with Crippen molar-refractivity contribution in [2.75, 3.05) is 0 Å². The Labute approximate surface area is 130 Å². The maximum Gasteiger partial charge on any atom is 0.450 e. The highest BCUT2D eigenvalue weighted by Gasteiger charge is 2.39. The maximum atomic E-state index is 12.1. The van der Waals surface area contributed by atoms with Crippen LogP contribution in [-0.2, 0) is 17.0 Å². The third-order valence-electron chi connectivity index (χ3n) is 2.32. The number of carbonyl (C=O) groups excluding carboxylic acids is 1. The van der Waals surface area contributed by atoms with Gasteiger partial charge in [-0.3, -0.25) is 4.79 Å². The van der Waals surface area contributed by atoms with E-state index in [4.69, 9.17) is 0 Å². The van der Waals surface area contributed by atoms with E-state index in [0.29, 0.717) is 5.75 Å². The lowest BCUT2D eigenvalue weighted by Crippen LogP contribution is -2.24. The highest BCUT2D eigenvalue weighted by atomic mass is 79.9. The topological polar surface area (TPSA) is 56.0 Å². The normalized spacial score (nSPS) is 11.6. The molecule has 1 aromatic carbocycles. The van der Waals surface area contributed by atoms with Gasteiger partial charge < -0.3 is 4.52 Å². The summed E-state index contributed by atoms with van der Waals surface area (Å²) >= 11 is 4.72. The molecule has 4 nitrogen and oxygen atoms in total. The zero-order valence-electron chi connectivity index (χ0n) is 10.4. The number of aromatic nitrogens is 2. The molecule has 112 valence electrons. The summed E-state index contributed by atoms with van der Waals surface area (Å²) in [5.74, 6) is -1.65.